The van der Waals surface area contributed by atoms with Crippen LogP contribution in [0.1, 0.15) is 181 Å². The second-order valence-corrected chi connectivity index (χ2v) is 17.7. The summed E-state index contributed by atoms with van der Waals surface area (Å²) in [7, 11) is -5.14. The first kappa shape index (κ1) is 56.8. The monoisotopic (exact) mass is 887 g/mol. The van der Waals surface area contributed by atoms with Crippen LogP contribution >= 0.6 is 7.82 Å². The molecule has 0 spiro atoms. The summed E-state index contributed by atoms with van der Waals surface area (Å²) in [5.41, 5.74) is 0. The summed E-state index contributed by atoms with van der Waals surface area (Å²) in [5.74, 6) is -1.24. The molecule has 0 amide bonds. The Morgan fingerprint density at radius 3 is 1.38 bits per heavy atom. The van der Waals surface area contributed by atoms with Crippen molar-refractivity contribution in [3.8, 4) is 0 Å². The van der Waals surface area contributed by atoms with Gasteiger partial charge < -0.3 is 39.9 Å². The molecule has 6 N–H and O–H groups in total. The van der Waals surface area contributed by atoms with Gasteiger partial charge >= 0.3 is 19.8 Å². The van der Waals surface area contributed by atoms with Crippen molar-refractivity contribution in [1.29, 1.82) is 0 Å². The number of carbonyl (C=O) groups excluding carboxylic acids is 2. The van der Waals surface area contributed by atoms with Crippen molar-refractivity contribution >= 4 is 19.8 Å². The fourth-order valence-electron chi connectivity index (χ4n) is 6.86. The first-order valence-electron chi connectivity index (χ1n) is 23.4. The van der Waals surface area contributed by atoms with E-state index in [0.717, 1.165) is 25.7 Å². The molecule has 0 saturated heterocycles. The number of rotatable bonds is 38. The number of aliphatic hydroxyl groups is 5. The van der Waals surface area contributed by atoms with Crippen molar-refractivity contribution in [2.45, 2.75) is 224 Å². The molecule has 6 unspecified atom stereocenters. The lowest BCUT2D eigenvalue weighted by molar-refractivity contribution is -0.220. The molecule has 14 heteroatoms. The SMILES string of the molecule is CCCCCCCCCC=CCC=CCC=CCCC(=O)OC(COC(=O)CCC=CCCCCCCCCCCCCC)COP(=O)(O)OC1C(O)C(O)C(O)C(O)C1O. The molecule has 1 fully saturated rings. The molecular formula is C47H83O13P. The third-order valence-corrected chi connectivity index (χ3v) is 11.7. The van der Waals surface area contributed by atoms with E-state index in [-0.39, 0.29) is 12.8 Å². The lowest BCUT2D eigenvalue weighted by Crippen LogP contribution is -2.64. The van der Waals surface area contributed by atoms with E-state index in [4.69, 9.17) is 18.5 Å². The third kappa shape index (κ3) is 29.7. The van der Waals surface area contributed by atoms with Gasteiger partial charge in [0, 0.05) is 12.8 Å². The number of allylic oxidation sites excluding steroid dienone is 8. The third-order valence-electron chi connectivity index (χ3n) is 10.7. The predicted molar refractivity (Wildman–Crippen MR) is 239 cm³/mol. The van der Waals surface area contributed by atoms with Crippen LogP contribution in [0.2, 0.25) is 0 Å². The highest BCUT2D eigenvalue weighted by molar-refractivity contribution is 7.47. The summed E-state index contributed by atoms with van der Waals surface area (Å²) in [4.78, 5) is 35.6. The highest BCUT2D eigenvalue weighted by Gasteiger charge is 2.51. The molecule has 0 heterocycles. The summed E-state index contributed by atoms with van der Waals surface area (Å²) in [6.07, 6.45) is 30.5. The van der Waals surface area contributed by atoms with Crippen molar-refractivity contribution in [3.05, 3.63) is 48.6 Å². The molecule has 6 atom stereocenters. The summed E-state index contributed by atoms with van der Waals surface area (Å²) < 4.78 is 33.4. The van der Waals surface area contributed by atoms with Crippen LogP contribution in [0.15, 0.2) is 48.6 Å². The Morgan fingerprint density at radius 2 is 0.885 bits per heavy atom. The molecular weight excluding hydrogens is 803 g/mol. The minimum atomic E-state index is -5.14. The van der Waals surface area contributed by atoms with Crippen LogP contribution in [0.25, 0.3) is 0 Å². The normalized spacial score (nSPS) is 22.4. The van der Waals surface area contributed by atoms with Crippen LogP contribution in [-0.2, 0) is 32.7 Å². The van der Waals surface area contributed by atoms with Crippen LogP contribution in [0.4, 0.5) is 0 Å². The van der Waals surface area contributed by atoms with Crippen LogP contribution in [0, 0.1) is 0 Å². The van der Waals surface area contributed by atoms with Gasteiger partial charge in [-0.25, -0.2) is 4.57 Å². The molecule has 0 aromatic carbocycles. The summed E-state index contributed by atoms with van der Waals surface area (Å²) >= 11 is 0. The second kappa shape index (κ2) is 37.2. The molecule has 1 aliphatic carbocycles. The zero-order valence-corrected chi connectivity index (χ0v) is 38.3. The van der Waals surface area contributed by atoms with E-state index in [1.54, 1.807) is 0 Å². The Labute approximate surface area is 367 Å². The highest BCUT2D eigenvalue weighted by Crippen LogP contribution is 2.47. The van der Waals surface area contributed by atoms with Crippen LogP contribution in [0.5, 0.6) is 0 Å². The van der Waals surface area contributed by atoms with E-state index in [2.05, 4.69) is 38.2 Å². The zero-order chi connectivity index (χ0) is 45.0. The standard InChI is InChI=1S/C47H83O13P/c1-3-5-7-9-11-13-15-17-19-20-22-24-26-28-30-32-34-36-41(49)59-39(38-58-61(55,56)60-47-45(53)43(51)42(50)44(52)46(47)54)37-57-40(48)35-33-31-29-27-25-23-21-18-16-14-12-10-8-6-4-2/h19-20,24,26,29-32,39,42-47,50-54H,3-18,21-23,25,27-28,33-38H2,1-2H3,(H,55,56). The molecule has 61 heavy (non-hydrogen) atoms. The Hall–Kier alpha value is -2.19. The van der Waals surface area contributed by atoms with Gasteiger partial charge in [0.15, 0.2) is 6.10 Å². The summed E-state index contributed by atoms with van der Waals surface area (Å²) in [6.45, 7) is 3.21. The van der Waals surface area contributed by atoms with Crippen molar-refractivity contribution in [1.82, 2.24) is 0 Å². The van der Waals surface area contributed by atoms with E-state index in [0.29, 0.717) is 19.3 Å². The number of carbonyl (C=O) groups is 2. The minimum Gasteiger partial charge on any atom is -0.462 e. The van der Waals surface area contributed by atoms with Gasteiger partial charge in [0.1, 0.15) is 43.2 Å². The number of phosphoric acid groups is 1. The number of hydrogen-bond acceptors (Lipinski definition) is 12. The maximum absolute atomic E-state index is 12.8. The molecule has 0 aromatic rings. The van der Waals surface area contributed by atoms with Crippen molar-refractivity contribution in [2.24, 2.45) is 0 Å². The molecule has 0 radical (unpaired) electrons. The highest BCUT2D eigenvalue weighted by atomic mass is 31.2. The minimum absolute atomic E-state index is 0.0260. The lowest BCUT2D eigenvalue weighted by Gasteiger charge is -2.41. The summed E-state index contributed by atoms with van der Waals surface area (Å²) in [6, 6.07) is 0. The molecule has 1 saturated carbocycles. The van der Waals surface area contributed by atoms with Gasteiger partial charge in [0.2, 0.25) is 0 Å². The van der Waals surface area contributed by atoms with Gasteiger partial charge in [-0.3, -0.25) is 18.6 Å². The topological polar surface area (TPSA) is 210 Å². The second-order valence-electron chi connectivity index (χ2n) is 16.3. The van der Waals surface area contributed by atoms with E-state index in [1.165, 1.54) is 109 Å². The molecule has 0 aliphatic heterocycles. The van der Waals surface area contributed by atoms with E-state index in [9.17, 15) is 44.6 Å². The van der Waals surface area contributed by atoms with Crippen LogP contribution in [-0.4, -0.2) is 98.3 Å². The number of unbranched alkanes of at least 4 members (excludes halogenated alkanes) is 18. The number of phosphoric ester groups is 1. The van der Waals surface area contributed by atoms with E-state index in [1.807, 2.05) is 24.3 Å². The Bertz CT molecular complexity index is 1250. The molecule has 354 valence electrons. The molecule has 1 rings (SSSR count). The van der Waals surface area contributed by atoms with Gasteiger partial charge in [0.05, 0.1) is 6.61 Å². The fraction of sp³-hybridized carbons (Fsp3) is 0.787. The number of esters is 2. The summed E-state index contributed by atoms with van der Waals surface area (Å²) in [5, 5.41) is 50.1. The van der Waals surface area contributed by atoms with Crippen LogP contribution in [0.3, 0.4) is 0 Å². The van der Waals surface area contributed by atoms with E-state index < -0.39 is 75.7 Å². The Balaban J connectivity index is 2.53. The number of aliphatic hydroxyl groups excluding tert-OH is 5. The van der Waals surface area contributed by atoms with Gasteiger partial charge in [-0.05, 0) is 51.4 Å². The Kier molecular flexibility index (Phi) is 34.7. The maximum atomic E-state index is 12.8. The molecule has 1 aliphatic rings. The average molecular weight is 887 g/mol. The Morgan fingerprint density at radius 1 is 0.508 bits per heavy atom. The maximum Gasteiger partial charge on any atom is 0.472 e. The largest absolute Gasteiger partial charge is 0.472 e. The van der Waals surface area contributed by atoms with E-state index >= 15 is 0 Å². The smallest absolute Gasteiger partial charge is 0.462 e. The molecule has 0 aromatic heterocycles. The first-order valence-corrected chi connectivity index (χ1v) is 24.9. The molecule has 13 nitrogen and oxygen atoms in total. The zero-order valence-electron chi connectivity index (χ0n) is 37.4. The fourth-order valence-corrected chi connectivity index (χ4v) is 7.84. The number of hydrogen-bond donors (Lipinski definition) is 6. The van der Waals surface area contributed by atoms with Gasteiger partial charge in [-0.1, -0.05) is 165 Å². The van der Waals surface area contributed by atoms with Gasteiger partial charge in [-0.15, -0.1) is 0 Å². The quantitative estimate of drug-likeness (QED) is 0.0148. The van der Waals surface area contributed by atoms with Crippen molar-refractivity contribution < 1.29 is 63.1 Å². The lowest BCUT2D eigenvalue weighted by atomic mass is 9.85. The first-order chi connectivity index (χ1) is 29.4. The van der Waals surface area contributed by atoms with Gasteiger partial charge in [-0.2, -0.15) is 0 Å². The van der Waals surface area contributed by atoms with Crippen LogP contribution < -0.4 is 0 Å². The average Bonchev–Trinajstić information content (AvgIpc) is 3.24. The van der Waals surface area contributed by atoms with Gasteiger partial charge in [0.25, 0.3) is 0 Å². The van der Waals surface area contributed by atoms with Crippen molar-refractivity contribution in [2.75, 3.05) is 13.2 Å². The predicted octanol–water partition coefficient (Wildman–Crippen LogP) is 9.17. The number of ether oxygens (including phenoxy) is 2. The molecule has 0 bridgehead atoms. The van der Waals surface area contributed by atoms with Crippen molar-refractivity contribution in [3.63, 3.8) is 0 Å².